The molecule has 0 aliphatic rings. The quantitative estimate of drug-likeness (QED) is 0.732. The van der Waals surface area contributed by atoms with Gasteiger partial charge in [0.1, 0.15) is 11.5 Å². The summed E-state index contributed by atoms with van der Waals surface area (Å²) >= 11 is 0. The Labute approximate surface area is 108 Å². The molecule has 0 aliphatic heterocycles. The van der Waals surface area contributed by atoms with Crippen LogP contribution in [0.5, 0.6) is 11.5 Å². The zero-order valence-corrected chi connectivity index (χ0v) is 9.70. The van der Waals surface area contributed by atoms with Crippen molar-refractivity contribution in [2.45, 2.75) is 0 Å². The molecule has 0 fully saturated rings. The third-order valence-corrected chi connectivity index (χ3v) is 2.65. The highest BCUT2D eigenvalue weighted by Crippen LogP contribution is 2.27. The Morgan fingerprint density at radius 1 is 0.789 bits per heavy atom. The summed E-state index contributed by atoms with van der Waals surface area (Å²) in [5, 5.41) is 28.3. The van der Waals surface area contributed by atoms with Crippen LogP contribution in [0.2, 0.25) is 0 Å². The highest BCUT2D eigenvalue weighted by atomic mass is 16.4. The van der Waals surface area contributed by atoms with Crippen LogP contribution in [0, 0.1) is 0 Å². The average molecular weight is 258 g/mol. The van der Waals surface area contributed by atoms with E-state index in [2.05, 4.69) is 0 Å². The first-order valence-electron chi connectivity index (χ1n) is 5.40. The Hall–Kier alpha value is -2.82. The first-order valence-corrected chi connectivity index (χ1v) is 5.40. The lowest BCUT2D eigenvalue weighted by molar-refractivity contribution is 0.0692. The summed E-state index contributed by atoms with van der Waals surface area (Å²) in [6, 6.07) is 9.52. The number of carbonyl (C=O) groups excluding carboxylic acids is 1. The molecule has 19 heavy (non-hydrogen) atoms. The molecule has 0 aromatic heterocycles. The Morgan fingerprint density at radius 3 is 2.00 bits per heavy atom. The molecule has 2 aromatic carbocycles. The molecular weight excluding hydrogens is 248 g/mol. The SMILES string of the molecule is O=C(O)c1cccc(O)c1C(=O)c1ccccc1O. The number of hydrogen-bond donors (Lipinski definition) is 3. The lowest BCUT2D eigenvalue weighted by Gasteiger charge is -2.08. The minimum Gasteiger partial charge on any atom is -0.507 e. The van der Waals surface area contributed by atoms with Crippen molar-refractivity contribution in [2.24, 2.45) is 0 Å². The van der Waals surface area contributed by atoms with Gasteiger partial charge in [0.05, 0.1) is 16.7 Å². The molecule has 0 spiro atoms. The zero-order valence-electron chi connectivity index (χ0n) is 9.70. The van der Waals surface area contributed by atoms with Gasteiger partial charge in [-0.2, -0.15) is 0 Å². The summed E-state index contributed by atoms with van der Waals surface area (Å²) < 4.78 is 0. The van der Waals surface area contributed by atoms with Gasteiger partial charge in [-0.15, -0.1) is 0 Å². The van der Waals surface area contributed by atoms with E-state index < -0.39 is 17.5 Å². The predicted octanol–water partition coefficient (Wildman–Crippen LogP) is 2.03. The van der Waals surface area contributed by atoms with Crippen LogP contribution in [-0.4, -0.2) is 27.1 Å². The topological polar surface area (TPSA) is 94.8 Å². The van der Waals surface area contributed by atoms with Crippen LogP contribution in [0.25, 0.3) is 0 Å². The maximum absolute atomic E-state index is 12.2. The van der Waals surface area contributed by atoms with Gasteiger partial charge >= 0.3 is 5.97 Å². The Morgan fingerprint density at radius 2 is 1.37 bits per heavy atom. The summed E-state index contributed by atoms with van der Waals surface area (Å²) in [6.07, 6.45) is 0. The predicted molar refractivity (Wildman–Crippen MR) is 66.6 cm³/mol. The fraction of sp³-hybridized carbons (Fsp3) is 0. The number of aromatic hydroxyl groups is 2. The molecule has 2 aromatic rings. The number of phenolic OH excluding ortho intramolecular Hbond substituents is 2. The number of ketones is 1. The van der Waals surface area contributed by atoms with Crippen LogP contribution >= 0.6 is 0 Å². The number of hydrogen-bond acceptors (Lipinski definition) is 4. The van der Waals surface area contributed by atoms with Crippen molar-refractivity contribution in [1.82, 2.24) is 0 Å². The Kier molecular flexibility index (Phi) is 3.20. The molecule has 0 saturated heterocycles. The highest BCUT2D eigenvalue weighted by molar-refractivity contribution is 6.16. The summed E-state index contributed by atoms with van der Waals surface area (Å²) in [5.74, 6) is -2.77. The third-order valence-electron chi connectivity index (χ3n) is 2.65. The Bertz CT molecular complexity index is 661. The molecule has 3 N–H and O–H groups in total. The fourth-order valence-corrected chi connectivity index (χ4v) is 1.76. The maximum Gasteiger partial charge on any atom is 0.336 e. The molecule has 0 heterocycles. The Balaban J connectivity index is 2.63. The number of benzene rings is 2. The van der Waals surface area contributed by atoms with Crippen molar-refractivity contribution >= 4 is 11.8 Å². The van der Waals surface area contributed by atoms with Crippen LogP contribution in [0.15, 0.2) is 42.5 Å². The van der Waals surface area contributed by atoms with Gasteiger partial charge in [0.15, 0.2) is 0 Å². The average Bonchev–Trinajstić information content (AvgIpc) is 2.38. The first-order chi connectivity index (χ1) is 9.02. The monoisotopic (exact) mass is 258 g/mol. The summed E-state index contributed by atoms with van der Waals surface area (Å²) in [6.45, 7) is 0. The van der Waals surface area contributed by atoms with Gasteiger partial charge < -0.3 is 15.3 Å². The van der Waals surface area contributed by atoms with Crippen molar-refractivity contribution < 1.29 is 24.9 Å². The van der Waals surface area contributed by atoms with E-state index in [1.807, 2.05) is 0 Å². The number of carbonyl (C=O) groups is 2. The van der Waals surface area contributed by atoms with Crippen LogP contribution in [-0.2, 0) is 0 Å². The molecule has 0 radical (unpaired) electrons. The van der Waals surface area contributed by atoms with Crippen LogP contribution < -0.4 is 0 Å². The van der Waals surface area contributed by atoms with E-state index in [1.54, 1.807) is 0 Å². The fourth-order valence-electron chi connectivity index (χ4n) is 1.76. The molecule has 0 atom stereocenters. The van der Waals surface area contributed by atoms with E-state index in [4.69, 9.17) is 5.11 Å². The minimum atomic E-state index is -1.32. The second kappa shape index (κ2) is 4.81. The van der Waals surface area contributed by atoms with Crippen LogP contribution in [0.4, 0.5) is 0 Å². The van der Waals surface area contributed by atoms with E-state index >= 15 is 0 Å². The number of phenols is 2. The molecular formula is C14H10O5. The molecule has 0 aliphatic carbocycles. The molecule has 5 nitrogen and oxygen atoms in total. The van der Waals surface area contributed by atoms with Crippen LogP contribution in [0.1, 0.15) is 26.3 Å². The smallest absolute Gasteiger partial charge is 0.336 e. The molecule has 0 saturated carbocycles. The van der Waals surface area contributed by atoms with Gasteiger partial charge in [0, 0.05) is 0 Å². The summed E-state index contributed by atoms with van der Waals surface area (Å²) in [5.41, 5.74) is -0.712. The highest BCUT2D eigenvalue weighted by Gasteiger charge is 2.23. The molecule has 0 bridgehead atoms. The van der Waals surface area contributed by atoms with Gasteiger partial charge in [0.25, 0.3) is 0 Å². The third kappa shape index (κ3) is 2.26. The molecule has 5 heteroatoms. The molecule has 96 valence electrons. The second-order valence-corrected chi connectivity index (χ2v) is 3.85. The van der Waals surface area contributed by atoms with E-state index in [1.165, 1.54) is 42.5 Å². The second-order valence-electron chi connectivity index (χ2n) is 3.85. The number of para-hydroxylation sites is 1. The largest absolute Gasteiger partial charge is 0.507 e. The van der Waals surface area contributed by atoms with Gasteiger partial charge in [-0.05, 0) is 24.3 Å². The van der Waals surface area contributed by atoms with E-state index in [-0.39, 0.29) is 22.4 Å². The van der Waals surface area contributed by atoms with Crippen molar-refractivity contribution in [2.75, 3.05) is 0 Å². The zero-order chi connectivity index (χ0) is 14.0. The maximum atomic E-state index is 12.2. The van der Waals surface area contributed by atoms with Gasteiger partial charge in [-0.3, -0.25) is 4.79 Å². The molecule has 0 unspecified atom stereocenters. The van der Waals surface area contributed by atoms with Gasteiger partial charge in [-0.25, -0.2) is 4.79 Å². The number of carboxylic acid groups (broad SMARTS) is 1. The lowest BCUT2D eigenvalue weighted by atomic mass is 9.97. The van der Waals surface area contributed by atoms with Crippen molar-refractivity contribution in [1.29, 1.82) is 0 Å². The number of rotatable bonds is 3. The van der Waals surface area contributed by atoms with E-state index in [0.717, 1.165) is 0 Å². The molecule has 0 amide bonds. The van der Waals surface area contributed by atoms with E-state index in [9.17, 15) is 19.8 Å². The summed E-state index contributed by atoms with van der Waals surface area (Å²) in [4.78, 5) is 23.3. The van der Waals surface area contributed by atoms with Crippen LogP contribution in [0.3, 0.4) is 0 Å². The minimum absolute atomic E-state index is 0.0634. The first kappa shape index (κ1) is 12.6. The van der Waals surface area contributed by atoms with Crippen molar-refractivity contribution in [3.05, 3.63) is 59.2 Å². The summed E-state index contributed by atoms with van der Waals surface area (Å²) in [7, 11) is 0. The number of aromatic carboxylic acids is 1. The molecule has 2 rings (SSSR count). The van der Waals surface area contributed by atoms with E-state index in [0.29, 0.717) is 0 Å². The van der Waals surface area contributed by atoms with Crippen molar-refractivity contribution in [3.8, 4) is 11.5 Å². The van der Waals surface area contributed by atoms with Gasteiger partial charge in [0.2, 0.25) is 5.78 Å². The van der Waals surface area contributed by atoms with Gasteiger partial charge in [-0.1, -0.05) is 18.2 Å². The number of carboxylic acids is 1. The van der Waals surface area contributed by atoms with Crippen molar-refractivity contribution in [3.63, 3.8) is 0 Å². The lowest BCUT2D eigenvalue weighted by Crippen LogP contribution is -2.10. The normalized spacial score (nSPS) is 10.1. The standard InChI is InChI=1S/C14H10O5/c15-10-6-2-1-4-8(10)13(17)12-9(14(18)19)5-3-7-11(12)16/h1-7,15-16H,(H,18,19).